The zero-order chi connectivity index (χ0) is 16.9. The van der Waals surface area contributed by atoms with Gasteiger partial charge in [0.15, 0.2) is 5.96 Å². The van der Waals surface area contributed by atoms with E-state index in [0.29, 0.717) is 6.04 Å². The number of hydrogen-bond donors (Lipinski definition) is 2. The van der Waals surface area contributed by atoms with Crippen molar-refractivity contribution in [2.45, 2.75) is 46.1 Å². The van der Waals surface area contributed by atoms with Gasteiger partial charge in [-0.1, -0.05) is 30.3 Å². The SMILES string of the molecule is CCNC(=NCCCCN(C)C(C)C)NCCc1ccccc1.I. The molecule has 24 heavy (non-hydrogen) atoms. The summed E-state index contributed by atoms with van der Waals surface area (Å²) in [7, 11) is 2.18. The van der Waals surface area contributed by atoms with Crippen molar-refractivity contribution in [2.24, 2.45) is 4.99 Å². The fourth-order valence-electron chi connectivity index (χ4n) is 2.23. The lowest BCUT2D eigenvalue weighted by Crippen LogP contribution is -2.38. The predicted molar refractivity (Wildman–Crippen MR) is 117 cm³/mol. The molecule has 1 aromatic carbocycles. The van der Waals surface area contributed by atoms with Crippen LogP contribution < -0.4 is 10.6 Å². The summed E-state index contributed by atoms with van der Waals surface area (Å²) in [5, 5.41) is 6.73. The van der Waals surface area contributed by atoms with E-state index in [0.717, 1.165) is 45.0 Å². The molecule has 0 heterocycles. The molecule has 0 amide bonds. The van der Waals surface area contributed by atoms with Gasteiger partial charge in [0.25, 0.3) is 0 Å². The van der Waals surface area contributed by atoms with Gasteiger partial charge in [0.1, 0.15) is 0 Å². The zero-order valence-corrected chi connectivity index (χ0v) is 18.0. The number of halogens is 1. The quantitative estimate of drug-likeness (QED) is 0.250. The van der Waals surface area contributed by atoms with Crippen LogP contribution in [0.5, 0.6) is 0 Å². The van der Waals surface area contributed by atoms with Crippen LogP contribution in [-0.4, -0.2) is 50.1 Å². The molecule has 1 aromatic rings. The minimum Gasteiger partial charge on any atom is -0.357 e. The van der Waals surface area contributed by atoms with Gasteiger partial charge >= 0.3 is 0 Å². The molecule has 0 saturated heterocycles. The van der Waals surface area contributed by atoms with Crippen LogP contribution in [0.4, 0.5) is 0 Å². The average Bonchev–Trinajstić information content (AvgIpc) is 2.55. The summed E-state index contributed by atoms with van der Waals surface area (Å²) in [5.74, 6) is 0.931. The summed E-state index contributed by atoms with van der Waals surface area (Å²) in [4.78, 5) is 7.04. The second-order valence-corrected chi connectivity index (χ2v) is 6.20. The topological polar surface area (TPSA) is 39.7 Å². The first-order chi connectivity index (χ1) is 11.1. The number of benzene rings is 1. The molecule has 0 fully saturated rings. The summed E-state index contributed by atoms with van der Waals surface area (Å²) >= 11 is 0. The van der Waals surface area contributed by atoms with Crippen LogP contribution >= 0.6 is 24.0 Å². The molecule has 0 unspecified atom stereocenters. The molecule has 0 radical (unpaired) electrons. The first kappa shape index (κ1) is 23.2. The number of rotatable bonds is 10. The third-order valence-corrected chi connectivity index (χ3v) is 3.96. The second-order valence-electron chi connectivity index (χ2n) is 6.20. The number of guanidine groups is 1. The molecule has 4 nitrogen and oxygen atoms in total. The molecule has 0 aliphatic carbocycles. The Bertz CT molecular complexity index is 434. The standard InChI is InChI=1S/C19H34N4.HI/c1-5-20-19(21-14-9-10-16-23(4)17(2)3)22-15-13-18-11-7-6-8-12-18;/h6-8,11-12,17H,5,9-10,13-16H2,1-4H3,(H2,20,21,22);1H. The Hall–Kier alpha value is -0.820. The lowest BCUT2D eigenvalue weighted by molar-refractivity contribution is 0.269. The Balaban J connectivity index is 0.00000529. The van der Waals surface area contributed by atoms with Crippen molar-refractivity contribution in [1.82, 2.24) is 15.5 Å². The van der Waals surface area contributed by atoms with E-state index in [2.05, 4.69) is 78.7 Å². The maximum absolute atomic E-state index is 4.66. The van der Waals surface area contributed by atoms with Gasteiger partial charge in [-0.3, -0.25) is 4.99 Å². The zero-order valence-electron chi connectivity index (χ0n) is 15.7. The minimum atomic E-state index is 0. The van der Waals surface area contributed by atoms with E-state index in [4.69, 9.17) is 0 Å². The molecular formula is C19H35IN4. The van der Waals surface area contributed by atoms with Crippen molar-refractivity contribution in [3.63, 3.8) is 0 Å². The van der Waals surface area contributed by atoms with Crippen molar-refractivity contribution < 1.29 is 0 Å². The number of nitrogens with zero attached hydrogens (tertiary/aromatic N) is 2. The molecule has 0 aliphatic heterocycles. The monoisotopic (exact) mass is 446 g/mol. The van der Waals surface area contributed by atoms with Crippen molar-refractivity contribution in [3.05, 3.63) is 35.9 Å². The van der Waals surface area contributed by atoms with Crippen LogP contribution in [-0.2, 0) is 6.42 Å². The van der Waals surface area contributed by atoms with Gasteiger partial charge in [0, 0.05) is 25.7 Å². The highest BCUT2D eigenvalue weighted by atomic mass is 127. The van der Waals surface area contributed by atoms with Crippen LogP contribution in [0.25, 0.3) is 0 Å². The molecule has 1 rings (SSSR count). The highest BCUT2D eigenvalue weighted by Gasteiger charge is 2.02. The highest BCUT2D eigenvalue weighted by Crippen LogP contribution is 1.99. The van der Waals surface area contributed by atoms with Crippen LogP contribution in [0.2, 0.25) is 0 Å². The summed E-state index contributed by atoms with van der Waals surface area (Å²) in [6, 6.07) is 11.2. The average molecular weight is 446 g/mol. The summed E-state index contributed by atoms with van der Waals surface area (Å²) in [5.41, 5.74) is 1.35. The van der Waals surface area contributed by atoms with Gasteiger partial charge in [-0.2, -0.15) is 0 Å². The normalized spacial score (nSPS) is 11.5. The molecule has 0 spiro atoms. The second kappa shape index (κ2) is 14.5. The number of nitrogens with one attached hydrogen (secondary N) is 2. The maximum atomic E-state index is 4.66. The van der Waals surface area contributed by atoms with Crippen molar-refractivity contribution in [3.8, 4) is 0 Å². The van der Waals surface area contributed by atoms with Gasteiger partial charge in [-0.25, -0.2) is 0 Å². The van der Waals surface area contributed by atoms with Gasteiger partial charge in [-0.05, 0) is 59.2 Å². The van der Waals surface area contributed by atoms with Crippen LogP contribution in [0.3, 0.4) is 0 Å². The lowest BCUT2D eigenvalue weighted by Gasteiger charge is -2.20. The van der Waals surface area contributed by atoms with E-state index >= 15 is 0 Å². The van der Waals surface area contributed by atoms with Crippen LogP contribution in [0.15, 0.2) is 35.3 Å². The van der Waals surface area contributed by atoms with Crippen molar-refractivity contribution in [2.75, 3.05) is 33.2 Å². The van der Waals surface area contributed by atoms with E-state index < -0.39 is 0 Å². The number of unbranched alkanes of at least 4 members (excludes halogenated alkanes) is 1. The highest BCUT2D eigenvalue weighted by molar-refractivity contribution is 14.0. The fraction of sp³-hybridized carbons (Fsp3) is 0.632. The third kappa shape index (κ3) is 10.9. The summed E-state index contributed by atoms with van der Waals surface area (Å²) in [6.07, 6.45) is 3.35. The Kier molecular flexibility index (Phi) is 14.0. The van der Waals surface area contributed by atoms with Gasteiger partial charge < -0.3 is 15.5 Å². The number of aliphatic imine (C=N–C) groups is 1. The number of hydrogen-bond acceptors (Lipinski definition) is 2. The summed E-state index contributed by atoms with van der Waals surface area (Å²) < 4.78 is 0. The Labute approximate surface area is 165 Å². The van der Waals surface area contributed by atoms with E-state index in [1.165, 1.54) is 12.0 Å². The van der Waals surface area contributed by atoms with Gasteiger partial charge in [0.2, 0.25) is 0 Å². The summed E-state index contributed by atoms with van der Waals surface area (Å²) in [6.45, 7) is 10.4. The van der Waals surface area contributed by atoms with Crippen molar-refractivity contribution >= 4 is 29.9 Å². The van der Waals surface area contributed by atoms with E-state index in [9.17, 15) is 0 Å². The fourth-order valence-corrected chi connectivity index (χ4v) is 2.23. The largest absolute Gasteiger partial charge is 0.357 e. The van der Waals surface area contributed by atoms with Crippen LogP contribution in [0, 0.1) is 0 Å². The van der Waals surface area contributed by atoms with Gasteiger partial charge in [0.05, 0.1) is 0 Å². The van der Waals surface area contributed by atoms with Crippen molar-refractivity contribution in [1.29, 1.82) is 0 Å². The molecule has 0 atom stereocenters. The van der Waals surface area contributed by atoms with Crippen LogP contribution in [0.1, 0.15) is 39.2 Å². The molecule has 0 aliphatic rings. The molecule has 0 bridgehead atoms. The molecular weight excluding hydrogens is 411 g/mol. The Morgan fingerprint density at radius 1 is 1.12 bits per heavy atom. The van der Waals surface area contributed by atoms with E-state index in [1.807, 2.05) is 0 Å². The molecule has 0 aromatic heterocycles. The Morgan fingerprint density at radius 2 is 1.83 bits per heavy atom. The van der Waals surface area contributed by atoms with E-state index in [1.54, 1.807) is 0 Å². The minimum absolute atomic E-state index is 0. The molecule has 2 N–H and O–H groups in total. The molecule has 138 valence electrons. The smallest absolute Gasteiger partial charge is 0.191 e. The first-order valence-corrected chi connectivity index (χ1v) is 8.89. The molecule has 5 heteroatoms. The van der Waals surface area contributed by atoms with Gasteiger partial charge in [-0.15, -0.1) is 24.0 Å². The third-order valence-electron chi connectivity index (χ3n) is 3.96. The lowest BCUT2D eigenvalue weighted by atomic mass is 10.1. The van der Waals surface area contributed by atoms with E-state index in [-0.39, 0.29) is 24.0 Å². The molecule has 0 saturated carbocycles. The maximum Gasteiger partial charge on any atom is 0.191 e. The Morgan fingerprint density at radius 3 is 2.46 bits per heavy atom. The first-order valence-electron chi connectivity index (χ1n) is 8.89. The predicted octanol–water partition coefficient (Wildman–Crippen LogP) is 3.52.